The van der Waals surface area contributed by atoms with Crippen LogP contribution in [-0.2, 0) is 0 Å². The van der Waals surface area contributed by atoms with E-state index in [-0.39, 0.29) is 5.82 Å². The van der Waals surface area contributed by atoms with Gasteiger partial charge >= 0.3 is 0 Å². The van der Waals surface area contributed by atoms with E-state index >= 15 is 0 Å². The predicted octanol–water partition coefficient (Wildman–Crippen LogP) is 4.11. The van der Waals surface area contributed by atoms with Crippen LogP contribution in [0.2, 0.25) is 0 Å². The fraction of sp³-hybridized carbons (Fsp3) is 0.250. The van der Waals surface area contributed by atoms with E-state index in [1.165, 1.54) is 5.69 Å². The summed E-state index contributed by atoms with van der Waals surface area (Å²) < 4.78 is 14.5. The van der Waals surface area contributed by atoms with Gasteiger partial charge < -0.3 is 20.4 Å². The summed E-state index contributed by atoms with van der Waals surface area (Å²) in [5.41, 5.74) is 4.40. The summed E-state index contributed by atoms with van der Waals surface area (Å²) in [7, 11) is 2.14. The molecule has 0 saturated carbocycles. The first-order valence-corrected chi connectivity index (χ1v) is 10.9. The van der Waals surface area contributed by atoms with E-state index in [4.69, 9.17) is 0 Å². The summed E-state index contributed by atoms with van der Waals surface area (Å²) in [5.74, 6) is -0.185. The van der Waals surface area contributed by atoms with Crippen molar-refractivity contribution in [2.45, 2.75) is 6.92 Å². The van der Waals surface area contributed by atoms with Gasteiger partial charge in [-0.05, 0) is 43.8 Å². The third-order valence-corrected chi connectivity index (χ3v) is 5.86. The molecule has 4 aromatic rings. The summed E-state index contributed by atoms with van der Waals surface area (Å²) >= 11 is 0. The minimum absolute atomic E-state index is 0.0670. The number of rotatable bonds is 5. The second kappa shape index (κ2) is 8.95. The Bertz CT molecular complexity index is 1270. The van der Waals surface area contributed by atoms with E-state index in [1.54, 1.807) is 6.20 Å². The molecule has 0 aliphatic carbocycles. The lowest BCUT2D eigenvalue weighted by atomic mass is 10.1. The highest BCUT2D eigenvalue weighted by Crippen LogP contribution is 2.27. The van der Waals surface area contributed by atoms with Crippen molar-refractivity contribution in [2.75, 3.05) is 48.8 Å². The minimum Gasteiger partial charge on any atom is -0.369 e. The molecular formula is C24H25FN8. The van der Waals surface area contributed by atoms with Crippen molar-refractivity contribution < 1.29 is 4.39 Å². The number of nitrogens with one attached hydrogen (secondary N) is 2. The molecule has 33 heavy (non-hydrogen) atoms. The molecule has 0 amide bonds. The quantitative estimate of drug-likeness (QED) is 0.476. The zero-order chi connectivity index (χ0) is 22.8. The van der Waals surface area contributed by atoms with Gasteiger partial charge in [0.05, 0.1) is 23.6 Å². The number of aryl methyl sites for hydroxylation is 1. The first-order valence-electron chi connectivity index (χ1n) is 10.9. The van der Waals surface area contributed by atoms with E-state index in [0.29, 0.717) is 11.6 Å². The maximum atomic E-state index is 14.5. The van der Waals surface area contributed by atoms with Crippen LogP contribution in [-0.4, -0.2) is 58.3 Å². The normalized spacial score (nSPS) is 14.5. The van der Waals surface area contributed by atoms with Crippen LogP contribution in [0.5, 0.6) is 0 Å². The Labute approximate surface area is 191 Å². The lowest BCUT2D eigenvalue weighted by Gasteiger charge is -2.34. The largest absolute Gasteiger partial charge is 0.369 e. The molecule has 1 saturated heterocycles. The van der Waals surface area contributed by atoms with Gasteiger partial charge in [0.25, 0.3) is 0 Å². The summed E-state index contributed by atoms with van der Waals surface area (Å²) in [6.07, 6.45) is 2.71. The Hall–Kier alpha value is -3.85. The number of piperazine rings is 1. The van der Waals surface area contributed by atoms with Crippen molar-refractivity contribution in [1.29, 1.82) is 0 Å². The van der Waals surface area contributed by atoms with E-state index in [2.05, 4.69) is 59.8 Å². The molecule has 0 unspecified atom stereocenters. The molecule has 2 aromatic carbocycles. The number of fused-ring (bicyclic) bond motifs is 1. The van der Waals surface area contributed by atoms with E-state index in [1.807, 2.05) is 37.3 Å². The Morgan fingerprint density at radius 3 is 2.52 bits per heavy atom. The Balaban J connectivity index is 1.34. The standard InChI is InChI=1S/C24H25FN8/c1-16-4-3-5-19-21(15-27-31-22(16)19)29-23-20(25)14-26-24(30-23)28-17-6-8-18(9-7-17)33-12-10-32(2)11-13-33/h3-9,14-15H,10-13H2,1-2H3,(H2,26,28,29,30,31). The van der Waals surface area contributed by atoms with Gasteiger partial charge in [0.15, 0.2) is 11.6 Å². The monoisotopic (exact) mass is 444 g/mol. The SMILES string of the molecule is Cc1cccc2c(Nc3nc(Nc4ccc(N5CCN(C)CC5)cc4)ncc3F)cnnc12. The van der Waals surface area contributed by atoms with Crippen molar-refractivity contribution >= 4 is 39.7 Å². The van der Waals surface area contributed by atoms with E-state index < -0.39 is 5.82 Å². The lowest BCUT2D eigenvalue weighted by Crippen LogP contribution is -2.44. The Morgan fingerprint density at radius 1 is 0.939 bits per heavy atom. The lowest BCUT2D eigenvalue weighted by molar-refractivity contribution is 0.313. The van der Waals surface area contributed by atoms with Gasteiger partial charge in [0.1, 0.15) is 0 Å². The van der Waals surface area contributed by atoms with Gasteiger partial charge in [-0.1, -0.05) is 18.2 Å². The molecule has 5 rings (SSSR count). The maximum Gasteiger partial charge on any atom is 0.229 e. The van der Waals surface area contributed by atoms with Crippen LogP contribution in [0.25, 0.3) is 10.9 Å². The van der Waals surface area contributed by atoms with E-state index in [0.717, 1.165) is 54.5 Å². The third kappa shape index (κ3) is 4.54. The van der Waals surface area contributed by atoms with Crippen LogP contribution in [0, 0.1) is 12.7 Å². The number of aromatic nitrogens is 4. The fourth-order valence-corrected chi connectivity index (χ4v) is 3.91. The molecule has 3 heterocycles. The van der Waals surface area contributed by atoms with Gasteiger partial charge in [-0.25, -0.2) is 9.37 Å². The molecule has 168 valence electrons. The van der Waals surface area contributed by atoms with Crippen molar-refractivity contribution in [3.05, 3.63) is 66.2 Å². The average Bonchev–Trinajstić information content (AvgIpc) is 2.83. The van der Waals surface area contributed by atoms with Gasteiger partial charge in [-0.2, -0.15) is 15.2 Å². The van der Waals surface area contributed by atoms with Crippen LogP contribution in [0.4, 0.5) is 33.2 Å². The molecule has 8 nitrogen and oxygen atoms in total. The summed E-state index contributed by atoms with van der Waals surface area (Å²) in [4.78, 5) is 13.1. The summed E-state index contributed by atoms with van der Waals surface area (Å²) in [6.45, 7) is 6.10. The minimum atomic E-state index is -0.552. The van der Waals surface area contributed by atoms with Gasteiger partial charge in [0, 0.05) is 42.9 Å². The molecular weight excluding hydrogens is 419 g/mol. The highest BCUT2D eigenvalue weighted by atomic mass is 19.1. The molecule has 0 spiro atoms. The molecule has 1 fully saturated rings. The highest BCUT2D eigenvalue weighted by Gasteiger charge is 2.15. The molecule has 0 radical (unpaired) electrons. The van der Waals surface area contributed by atoms with Gasteiger partial charge in [0.2, 0.25) is 5.95 Å². The number of hydrogen-bond acceptors (Lipinski definition) is 8. The van der Waals surface area contributed by atoms with Crippen LogP contribution in [0.3, 0.4) is 0 Å². The van der Waals surface area contributed by atoms with Crippen molar-refractivity contribution in [3.63, 3.8) is 0 Å². The summed E-state index contributed by atoms with van der Waals surface area (Å²) in [5, 5.41) is 15.3. The topological polar surface area (TPSA) is 82.1 Å². The molecule has 2 aromatic heterocycles. The number of likely N-dealkylation sites (N-methyl/N-ethyl adjacent to an activating group) is 1. The first kappa shape index (κ1) is 21.0. The zero-order valence-electron chi connectivity index (χ0n) is 18.6. The van der Waals surface area contributed by atoms with Gasteiger partial charge in [-0.3, -0.25) is 0 Å². The van der Waals surface area contributed by atoms with Crippen LogP contribution >= 0.6 is 0 Å². The average molecular weight is 445 g/mol. The third-order valence-electron chi connectivity index (χ3n) is 5.86. The Morgan fingerprint density at radius 2 is 1.73 bits per heavy atom. The molecule has 0 bridgehead atoms. The zero-order valence-corrected chi connectivity index (χ0v) is 18.6. The van der Waals surface area contributed by atoms with Crippen molar-refractivity contribution in [3.8, 4) is 0 Å². The second-order valence-electron chi connectivity index (χ2n) is 8.21. The second-order valence-corrected chi connectivity index (χ2v) is 8.21. The predicted molar refractivity (Wildman–Crippen MR) is 129 cm³/mol. The smallest absolute Gasteiger partial charge is 0.229 e. The highest BCUT2D eigenvalue weighted by molar-refractivity contribution is 5.93. The van der Waals surface area contributed by atoms with Crippen LogP contribution < -0.4 is 15.5 Å². The molecule has 9 heteroatoms. The number of anilines is 5. The Kier molecular flexibility index (Phi) is 5.70. The molecule has 2 N–H and O–H groups in total. The fourth-order valence-electron chi connectivity index (χ4n) is 3.91. The molecule has 1 aliphatic heterocycles. The number of halogens is 1. The molecule has 1 aliphatic rings. The van der Waals surface area contributed by atoms with Crippen LogP contribution in [0.15, 0.2) is 54.9 Å². The van der Waals surface area contributed by atoms with Crippen LogP contribution in [0.1, 0.15) is 5.56 Å². The van der Waals surface area contributed by atoms with Crippen molar-refractivity contribution in [1.82, 2.24) is 25.1 Å². The number of hydrogen-bond donors (Lipinski definition) is 2. The van der Waals surface area contributed by atoms with Gasteiger partial charge in [-0.15, -0.1) is 0 Å². The van der Waals surface area contributed by atoms with E-state index in [9.17, 15) is 4.39 Å². The molecule has 0 atom stereocenters. The first-order chi connectivity index (χ1) is 16.1. The van der Waals surface area contributed by atoms with Crippen molar-refractivity contribution in [2.24, 2.45) is 0 Å². The number of nitrogens with zero attached hydrogens (tertiary/aromatic N) is 6. The number of benzene rings is 2. The summed E-state index contributed by atoms with van der Waals surface area (Å²) in [6, 6.07) is 13.9. The maximum absolute atomic E-state index is 14.5.